The molecule has 2 rings (SSSR count). The van der Waals surface area contributed by atoms with E-state index in [1.54, 1.807) is 0 Å². The number of likely N-dealkylation sites (tertiary alicyclic amines) is 1. The summed E-state index contributed by atoms with van der Waals surface area (Å²) in [7, 11) is 0. The molecule has 0 aliphatic carbocycles. The number of carbonyl (C=O) groups excluding carboxylic acids is 1. The van der Waals surface area contributed by atoms with Gasteiger partial charge in [-0.2, -0.15) is 0 Å². The summed E-state index contributed by atoms with van der Waals surface area (Å²) >= 11 is 0. The highest BCUT2D eigenvalue weighted by Crippen LogP contribution is 2.20. The minimum absolute atomic E-state index is 0.00856. The fraction of sp³-hybridized carbons (Fsp3) is 0.632. The number of hydrogen-bond donors (Lipinski definition) is 3. The molecule has 1 heterocycles. The molecule has 24 heavy (non-hydrogen) atoms. The number of rotatable bonds is 7. The average molecular weight is 333 g/mol. The van der Waals surface area contributed by atoms with Crippen molar-refractivity contribution < 1.29 is 9.90 Å². The molecule has 3 atom stereocenters. The van der Waals surface area contributed by atoms with Crippen molar-refractivity contribution in [2.24, 2.45) is 5.92 Å². The Balaban J connectivity index is 1.82. The number of aliphatic hydroxyl groups excluding tert-OH is 1. The highest BCUT2D eigenvalue weighted by atomic mass is 16.3. The Labute approximate surface area is 145 Å². The van der Waals surface area contributed by atoms with Crippen LogP contribution >= 0.6 is 0 Å². The number of amides is 2. The Bertz CT molecular complexity index is 507. The summed E-state index contributed by atoms with van der Waals surface area (Å²) in [5.41, 5.74) is 1.30. The fourth-order valence-corrected chi connectivity index (χ4v) is 3.35. The van der Waals surface area contributed by atoms with Crippen molar-refractivity contribution in [3.63, 3.8) is 0 Å². The highest BCUT2D eigenvalue weighted by Gasteiger charge is 2.30. The molecule has 134 valence electrons. The van der Waals surface area contributed by atoms with Gasteiger partial charge >= 0.3 is 6.03 Å². The van der Waals surface area contributed by atoms with Crippen LogP contribution in [0.15, 0.2) is 30.3 Å². The van der Waals surface area contributed by atoms with E-state index in [4.69, 9.17) is 5.11 Å². The van der Waals surface area contributed by atoms with Crippen LogP contribution in [-0.2, 0) is 6.54 Å². The number of nitrogens with zero attached hydrogens (tertiary/aromatic N) is 1. The molecule has 1 saturated heterocycles. The fourth-order valence-electron chi connectivity index (χ4n) is 3.35. The smallest absolute Gasteiger partial charge is 0.315 e. The second-order valence-corrected chi connectivity index (χ2v) is 7.18. The summed E-state index contributed by atoms with van der Waals surface area (Å²) in [6.07, 6.45) is 1.55. The van der Waals surface area contributed by atoms with E-state index in [1.807, 2.05) is 6.07 Å². The molecule has 1 aliphatic heterocycles. The SMILES string of the molecule is CC(C)C(CCO)NC(=O)NC1CC(C)N(Cc2ccccc2)C1. The van der Waals surface area contributed by atoms with E-state index in [0.717, 1.165) is 19.5 Å². The van der Waals surface area contributed by atoms with Gasteiger partial charge in [-0.3, -0.25) is 4.90 Å². The number of nitrogens with one attached hydrogen (secondary N) is 2. The maximum absolute atomic E-state index is 12.2. The molecule has 1 aromatic rings. The van der Waals surface area contributed by atoms with E-state index in [9.17, 15) is 4.79 Å². The lowest BCUT2D eigenvalue weighted by Gasteiger charge is -2.23. The van der Waals surface area contributed by atoms with Gasteiger partial charge in [-0.05, 0) is 31.2 Å². The largest absolute Gasteiger partial charge is 0.396 e. The van der Waals surface area contributed by atoms with Gasteiger partial charge in [0, 0.05) is 37.8 Å². The van der Waals surface area contributed by atoms with E-state index < -0.39 is 0 Å². The van der Waals surface area contributed by atoms with Crippen LogP contribution in [0.2, 0.25) is 0 Å². The van der Waals surface area contributed by atoms with Crippen LogP contribution in [0, 0.1) is 5.92 Å². The molecule has 0 saturated carbocycles. The summed E-state index contributed by atoms with van der Waals surface area (Å²) in [4.78, 5) is 14.6. The minimum atomic E-state index is -0.124. The van der Waals surface area contributed by atoms with Crippen molar-refractivity contribution in [3.8, 4) is 0 Å². The third kappa shape index (κ3) is 5.49. The van der Waals surface area contributed by atoms with Gasteiger partial charge in [0.25, 0.3) is 0 Å². The van der Waals surface area contributed by atoms with Crippen LogP contribution < -0.4 is 10.6 Å². The zero-order valence-corrected chi connectivity index (χ0v) is 15.0. The molecule has 1 aromatic carbocycles. The molecule has 1 aliphatic rings. The lowest BCUT2D eigenvalue weighted by atomic mass is 10.0. The van der Waals surface area contributed by atoms with Crippen molar-refractivity contribution in [1.82, 2.24) is 15.5 Å². The molecule has 3 N–H and O–H groups in total. The molecule has 0 aromatic heterocycles. The first-order valence-electron chi connectivity index (χ1n) is 8.95. The molecule has 5 heteroatoms. The number of urea groups is 1. The summed E-state index contributed by atoms with van der Waals surface area (Å²) in [6.45, 7) is 8.20. The van der Waals surface area contributed by atoms with Crippen LogP contribution in [0.5, 0.6) is 0 Å². The van der Waals surface area contributed by atoms with Gasteiger partial charge in [-0.25, -0.2) is 4.79 Å². The second-order valence-electron chi connectivity index (χ2n) is 7.18. The normalized spacial score (nSPS) is 22.5. The van der Waals surface area contributed by atoms with Gasteiger partial charge in [0.1, 0.15) is 0 Å². The first-order valence-corrected chi connectivity index (χ1v) is 8.95. The summed E-state index contributed by atoms with van der Waals surface area (Å²) in [5.74, 6) is 0.306. The number of hydrogen-bond acceptors (Lipinski definition) is 3. The van der Waals surface area contributed by atoms with Crippen LogP contribution in [0.25, 0.3) is 0 Å². The van der Waals surface area contributed by atoms with Crippen molar-refractivity contribution in [1.29, 1.82) is 0 Å². The molecular weight excluding hydrogens is 302 g/mol. The molecule has 5 nitrogen and oxygen atoms in total. The molecule has 1 fully saturated rings. The van der Waals surface area contributed by atoms with Gasteiger partial charge in [-0.1, -0.05) is 44.2 Å². The standard InChI is InChI=1S/C19H31N3O2/c1-14(2)18(9-10-23)21-19(24)20-17-11-15(3)22(13-17)12-16-7-5-4-6-8-16/h4-8,14-15,17-18,23H,9-13H2,1-3H3,(H2,20,21,24). The topological polar surface area (TPSA) is 64.6 Å². The Morgan fingerprint density at radius 2 is 2.04 bits per heavy atom. The van der Waals surface area contributed by atoms with E-state index >= 15 is 0 Å². The van der Waals surface area contributed by atoms with E-state index in [-0.39, 0.29) is 24.7 Å². The number of benzene rings is 1. The molecule has 3 unspecified atom stereocenters. The van der Waals surface area contributed by atoms with Crippen LogP contribution in [0.4, 0.5) is 4.79 Å². The minimum Gasteiger partial charge on any atom is -0.396 e. The first kappa shape index (κ1) is 18.7. The lowest BCUT2D eigenvalue weighted by molar-refractivity contribution is 0.215. The van der Waals surface area contributed by atoms with Gasteiger partial charge in [0.15, 0.2) is 0 Å². The van der Waals surface area contributed by atoms with Crippen molar-refractivity contribution in [3.05, 3.63) is 35.9 Å². The zero-order chi connectivity index (χ0) is 17.5. The maximum atomic E-state index is 12.2. The number of aliphatic hydroxyl groups is 1. The Kier molecular flexibility index (Phi) is 7.06. The molecule has 0 radical (unpaired) electrons. The third-order valence-corrected chi connectivity index (χ3v) is 4.83. The van der Waals surface area contributed by atoms with Crippen molar-refractivity contribution in [2.75, 3.05) is 13.2 Å². The Morgan fingerprint density at radius 3 is 2.67 bits per heavy atom. The summed E-state index contributed by atoms with van der Waals surface area (Å²) in [5, 5.41) is 15.2. The van der Waals surface area contributed by atoms with Crippen LogP contribution in [0.1, 0.15) is 39.2 Å². The Hall–Kier alpha value is -1.59. The van der Waals surface area contributed by atoms with Gasteiger partial charge in [0.2, 0.25) is 0 Å². The zero-order valence-electron chi connectivity index (χ0n) is 15.0. The molecule has 0 spiro atoms. The predicted octanol–water partition coefficient (Wildman–Crippen LogP) is 2.36. The summed E-state index contributed by atoms with van der Waals surface area (Å²) < 4.78 is 0. The van der Waals surface area contributed by atoms with Gasteiger partial charge < -0.3 is 15.7 Å². The van der Waals surface area contributed by atoms with Gasteiger partial charge in [-0.15, -0.1) is 0 Å². The molecule has 0 bridgehead atoms. The van der Waals surface area contributed by atoms with E-state index in [1.165, 1.54) is 5.56 Å². The van der Waals surface area contributed by atoms with Crippen molar-refractivity contribution >= 4 is 6.03 Å². The van der Waals surface area contributed by atoms with E-state index in [2.05, 4.69) is 60.6 Å². The predicted molar refractivity (Wildman–Crippen MR) is 96.7 cm³/mol. The average Bonchev–Trinajstić information content (AvgIpc) is 2.87. The first-order chi connectivity index (χ1) is 11.5. The summed E-state index contributed by atoms with van der Waals surface area (Å²) in [6, 6.07) is 10.9. The van der Waals surface area contributed by atoms with Gasteiger partial charge in [0.05, 0.1) is 0 Å². The molecular formula is C19H31N3O2. The maximum Gasteiger partial charge on any atom is 0.315 e. The highest BCUT2D eigenvalue weighted by molar-refractivity contribution is 5.74. The number of carbonyl (C=O) groups is 1. The molecule has 2 amide bonds. The lowest BCUT2D eigenvalue weighted by Crippen LogP contribution is -2.48. The van der Waals surface area contributed by atoms with Crippen molar-refractivity contribution in [2.45, 2.75) is 58.3 Å². The van der Waals surface area contributed by atoms with Crippen LogP contribution in [-0.4, -0.2) is 47.3 Å². The van der Waals surface area contributed by atoms with E-state index in [0.29, 0.717) is 18.4 Å². The second kappa shape index (κ2) is 9.04. The van der Waals surface area contributed by atoms with Crippen LogP contribution in [0.3, 0.4) is 0 Å². The quantitative estimate of drug-likeness (QED) is 0.718. The Morgan fingerprint density at radius 1 is 1.33 bits per heavy atom. The monoisotopic (exact) mass is 333 g/mol. The third-order valence-electron chi connectivity index (χ3n) is 4.83.